The van der Waals surface area contributed by atoms with Gasteiger partial charge in [0.05, 0.1) is 18.5 Å². The van der Waals surface area contributed by atoms with Crippen LogP contribution in [0.4, 0.5) is 11.4 Å². The quantitative estimate of drug-likeness (QED) is 0.789. The minimum Gasteiger partial charge on any atom is -0.497 e. The lowest BCUT2D eigenvalue weighted by atomic mass is 9.87. The highest BCUT2D eigenvalue weighted by molar-refractivity contribution is 5.68. The van der Waals surface area contributed by atoms with Crippen LogP contribution in [0.3, 0.4) is 0 Å². The maximum atomic E-state index is 6.02. The van der Waals surface area contributed by atoms with Gasteiger partial charge in [0, 0.05) is 12.1 Å². The molecule has 1 aliphatic carbocycles. The average Bonchev–Trinajstić information content (AvgIpc) is 2.61. The van der Waals surface area contributed by atoms with Crippen molar-refractivity contribution in [2.45, 2.75) is 39.2 Å². The van der Waals surface area contributed by atoms with E-state index in [1.165, 1.54) is 19.3 Å². The molecule has 1 unspecified atom stereocenters. The van der Waals surface area contributed by atoms with Crippen LogP contribution in [-0.2, 0) is 0 Å². The molecular weight excluding hydrogens is 212 g/mol. The predicted molar refractivity (Wildman–Crippen MR) is 72.4 cm³/mol. The second-order valence-electron chi connectivity index (χ2n) is 5.53. The molecule has 2 rings (SSSR count). The maximum Gasteiger partial charge on any atom is 0.121 e. The summed E-state index contributed by atoms with van der Waals surface area (Å²) in [5.74, 6) is 0.804. The van der Waals surface area contributed by atoms with Gasteiger partial charge in [-0.25, -0.2) is 0 Å². The Morgan fingerprint density at radius 2 is 2.18 bits per heavy atom. The Labute approximate surface area is 103 Å². The normalized spacial score (nSPS) is 22.4. The van der Waals surface area contributed by atoms with Crippen molar-refractivity contribution < 1.29 is 4.74 Å². The van der Waals surface area contributed by atoms with Crippen LogP contribution >= 0.6 is 0 Å². The third kappa shape index (κ3) is 2.48. The molecule has 1 saturated carbocycles. The molecule has 3 nitrogen and oxygen atoms in total. The van der Waals surface area contributed by atoms with Crippen LogP contribution in [0.15, 0.2) is 18.2 Å². The molecule has 0 saturated heterocycles. The molecule has 94 valence electrons. The first-order valence-electron chi connectivity index (χ1n) is 6.23. The molecule has 0 bridgehead atoms. The van der Waals surface area contributed by atoms with E-state index in [9.17, 15) is 0 Å². The van der Waals surface area contributed by atoms with Gasteiger partial charge in [-0.05, 0) is 30.4 Å². The van der Waals surface area contributed by atoms with Crippen molar-refractivity contribution in [3.63, 3.8) is 0 Å². The Morgan fingerprint density at radius 1 is 1.41 bits per heavy atom. The molecule has 0 aliphatic heterocycles. The van der Waals surface area contributed by atoms with Gasteiger partial charge in [-0.2, -0.15) is 0 Å². The molecule has 0 radical (unpaired) electrons. The molecule has 1 fully saturated rings. The molecule has 1 atom stereocenters. The van der Waals surface area contributed by atoms with Crippen LogP contribution in [-0.4, -0.2) is 13.2 Å². The minimum absolute atomic E-state index is 0.354. The van der Waals surface area contributed by atoms with Gasteiger partial charge in [-0.3, -0.25) is 0 Å². The van der Waals surface area contributed by atoms with E-state index < -0.39 is 0 Å². The number of nitrogens with two attached hydrogens (primary N) is 1. The highest BCUT2D eigenvalue weighted by atomic mass is 16.5. The van der Waals surface area contributed by atoms with Gasteiger partial charge in [-0.15, -0.1) is 0 Å². The summed E-state index contributed by atoms with van der Waals surface area (Å²) in [4.78, 5) is 0. The average molecular weight is 234 g/mol. The smallest absolute Gasteiger partial charge is 0.121 e. The van der Waals surface area contributed by atoms with Crippen LogP contribution in [0.2, 0.25) is 0 Å². The summed E-state index contributed by atoms with van der Waals surface area (Å²) in [6, 6.07) is 6.33. The second kappa shape index (κ2) is 4.47. The van der Waals surface area contributed by atoms with Gasteiger partial charge in [0.1, 0.15) is 5.75 Å². The van der Waals surface area contributed by atoms with Crippen LogP contribution in [0, 0.1) is 5.41 Å². The van der Waals surface area contributed by atoms with E-state index in [0.717, 1.165) is 17.1 Å². The first-order valence-corrected chi connectivity index (χ1v) is 6.23. The van der Waals surface area contributed by atoms with Gasteiger partial charge in [0.15, 0.2) is 0 Å². The SMILES string of the molecule is COc1ccc(NC2CCCC2(C)C)c(N)c1. The van der Waals surface area contributed by atoms with E-state index in [1.807, 2.05) is 18.2 Å². The van der Waals surface area contributed by atoms with E-state index in [2.05, 4.69) is 19.2 Å². The minimum atomic E-state index is 0.354. The van der Waals surface area contributed by atoms with E-state index in [-0.39, 0.29) is 0 Å². The summed E-state index contributed by atoms with van der Waals surface area (Å²) in [5.41, 5.74) is 8.15. The van der Waals surface area contributed by atoms with E-state index in [1.54, 1.807) is 7.11 Å². The van der Waals surface area contributed by atoms with Gasteiger partial charge in [-0.1, -0.05) is 20.3 Å². The molecule has 1 aromatic carbocycles. The molecule has 0 heterocycles. The molecule has 1 aromatic rings. The molecule has 0 aromatic heterocycles. The monoisotopic (exact) mass is 234 g/mol. The summed E-state index contributed by atoms with van der Waals surface area (Å²) >= 11 is 0. The van der Waals surface area contributed by atoms with Crippen LogP contribution in [0.1, 0.15) is 33.1 Å². The lowest BCUT2D eigenvalue weighted by molar-refractivity contribution is 0.350. The molecule has 0 amide bonds. The van der Waals surface area contributed by atoms with Crippen molar-refractivity contribution in [1.29, 1.82) is 0 Å². The molecule has 0 spiro atoms. The first kappa shape index (κ1) is 12.1. The lowest BCUT2D eigenvalue weighted by Crippen LogP contribution is -2.31. The summed E-state index contributed by atoms with van der Waals surface area (Å²) in [7, 11) is 1.65. The van der Waals surface area contributed by atoms with Crippen molar-refractivity contribution in [2.75, 3.05) is 18.2 Å². The highest BCUT2D eigenvalue weighted by Crippen LogP contribution is 2.40. The van der Waals surface area contributed by atoms with Crippen molar-refractivity contribution in [1.82, 2.24) is 0 Å². The largest absolute Gasteiger partial charge is 0.497 e. The van der Waals surface area contributed by atoms with Gasteiger partial charge >= 0.3 is 0 Å². The third-order valence-electron chi connectivity index (χ3n) is 3.85. The number of nitrogen functional groups attached to an aromatic ring is 1. The zero-order chi connectivity index (χ0) is 12.5. The van der Waals surface area contributed by atoms with E-state index in [0.29, 0.717) is 11.5 Å². The number of nitrogens with one attached hydrogen (secondary N) is 1. The fraction of sp³-hybridized carbons (Fsp3) is 0.571. The van der Waals surface area contributed by atoms with Crippen LogP contribution in [0.25, 0.3) is 0 Å². The fourth-order valence-electron chi connectivity index (χ4n) is 2.58. The van der Waals surface area contributed by atoms with Crippen LogP contribution < -0.4 is 15.8 Å². The Bertz CT molecular complexity index is 401. The highest BCUT2D eigenvalue weighted by Gasteiger charge is 2.34. The first-order chi connectivity index (χ1) is 8.03. The zero-order valence-electron chi connectivity index (χ0n) is 10.9. The second-order valence-corrected chi connectivity index (χ2v) is 5.53. The van der Waals surface area contributed by atoms with Gasteiger partial charge in [0.2, 0.25) is 0 Å². The molecule has 1 aliphatic rings. The Balaban J connectivity index is 2.13. The number of hydrogen-bond donors (Lipinski definition) is 2. The number of methoxy groups -OCH3 is 1. The van der Waals surface area contributed by atoms with Gasteiger partial charge < -0.3 is 15.8 Å². The number of hydrogen-bond acceptors (Lipinski definition) is 3. The van der Waals surface area contributed by atoms with E-state index in [4.69, 9.17) is 10.5 Å². The maximum absolute atomic E-state index is 6.02. The summed E-state index contributed by atoms with van der Waals surface area (Å²) in [6.07, 6.45) is 3.79. The molecule has 17 heavy (non-hydrogen) atoms. The van der Waals surface area contributed by atoms with Crippen molar-refractivity contribution in [3.8, 4) is 5.75 Å². The molecule has 3 heteroatoms. The molecule has 3 N–H and O–H groups in total. The van der Waals surface area contributed by atoms with Crippen molar-refractivity contribution >= 4 is 11.4 Å². The van der Waals surface area contributed by atoms with Crippen molar-refractivity contribution in [3.05, 3.63) is 18.2 Å². The Morgan fingerprint density at radius 3 is 2.71 bits per heavy atom. The lowest BCUT2D eigenvalue weighted by Gasteiger charge is -2.29. The Hall–Kier alpha value is -1.38. The fourth-order valence-corrected chi connectivity index (χ4v) is 2.58. The summed E-state index contributed by atoms with van der Waals surface area (Å²) in [5, 5.41) is 3.57. The standard InChI is InChI=1S/C14H22N2O/c1-14(2)8-4-5-13(14)16-12-7-6-10(17-3)9-11(12)15/h6-7,9,13,16H,4-5,8,15H2,1-3H3. The zero-order valence-corrected chi connectivity index (χ0v) is 10.9. The third-order valence-corrected chi connectivity index (χ3v) is 3.85. The Kier molecular flexibility index (Phi) is 3.18. The number of anilines is 2. The van der Waals surface area contributed by atoms with Crippen molar-refractivity contribution in [2.24, 2.45) is 5.41 Å². The number of benzene rings is 1. The molecular formula is C14H22N2O. The van der Waals surface area contributed by atoms with Gasteiger partial charge in [0.25, 0.3) is 0 Å². The topological polar surface area (TPSA) is 47.3 Å². The number of ether oxygens (including phenoxy) is 1. The predicted octanol–water partition coefficient (Wildman–Crippen LogP) is 3.27. The number of rotatable bonds is 3. The van der Waals surface area contributed by atoms with Crippen LogP contribution in [0.5, 0.6) is 5.75 Å². The summed E-state index contributed by atoms with van der Waals surface area (Å²) < 4.78 is 5.15. The summed E-state index contributed by atoms with van der Waals surface area (Å²) in [6.45, 7) is 4.63. The van der Waals surface area contributed by atoms with E-state index >= 15 is 0 Å².